The van der Waals surface area contributed by atoms with Gasteiger partial charge < -0.3 is 14.8 Å². The maximum absolute atomic E-state index is 12.1. The first kappa shape index (κ1) is 16.9. The van der Waals surface area contributed by atoms with Crippen molar-refractivity contribution in [3.05, 3.63) is 36.5 Å². The Morgan fingerprint density at radius 1 is 1.30 bits per heavy atom. The summed E-state index contributed by atoms with van der Waals surface area (Å²) in [7, 11) is 1.59. The summed E-state index contributed by atoms with van der Waals surface area (Å²) in [5.41, 5.74) is 0. The van der Waals surface area contributed by atoms with Crippen molar-refractivity contribution < 1.29 is 14.3 Å². The zero-order valence-corrected chi connectivity index (χ0v) is 13.8. The van der Waals surface area contributed by atoms with Crippen LogP contribution >= 0.6 is 0 Å². The van der Waals surface area contributed by atoms with Gasteiger partial charge in [-0.3, -0.25) is 4.79 Å². The van der Waals surface area contributed by atoms with Crippen LogP contribution in [0.5, 0.6) is 11.5 Å². The van der Waals surface area contributed by atoms with Crippen molar-refractivity contribution in [2.24, 2.45) is 0 Å². The van der Waals surface area contributed by atoms with Gasteiger partial charge >= 0.3 is 0 Å². The molecule has 1 amide bonds. The summed E-state index contributed by atoms with van der Waals surface area (Å²) in [4.78, 5) is 12.1. The van der Waals surface area contributed by atoms with Crippen LogP contribution in [0.2, 0.25) is 0 Å². The van der Waals surface area contributed by atoms with Gasteiger partial charge in [0.05, 0.1) is 32.4 Å². The number of amides is 1. The van der Waals surface area contributed by atoms with E-state index in [0.717, 1.165) is 6.42 Å². The Balaban J connectivity index is 1.85. The lowest BCUT2D eigenvalue weighted by Crippen LogP contribution is -2.19. The van der Waals surface area contributed by atoms with Crippen LogP contribution in [0, 0.1) is 0 Å². The molecule has 6 heteroatoms. The molecule has 0 saturated heterocycles. The van der Waals surface area contributed by atoms with Gasteiger partial charge in [0.25, 0.3) is 0 Å². The number of nitrogens with zero attached hydrogens (tertiary/aromatic N) is 2. The van der Waals surface area contributed by atoms with Crippen molar-refractivity contribution in [2.75, 3.05) is 19.0 Å². The molecule has 0 aliphatic carbocycles. The first-order valence-electron chi connectivity index (χ1n) is 7.74. The van der Waals surface area contributed by atoms with Crippen molar-refractivity contribution in [3.63, 3.8) is 0 Å². The van der Waals surface area contributed by atoms with Crippen LogP contribution < -0.4 is 14.8 Å². The van der Waals surface area contributed by atoms with E-state index in [1.54, 1.807) is 19.4 Å². The molecule has 0 fully saturated rings. The van der Waals surface area contributed by atoms with E-state index < -0.39 is 0 Å². The van der Waals surface area contributed by atoms with Gasteiger partial charge in [0, 0.05) is 6.07 Å². The van der Waals surface area contributed by atoms with E-state index in [0.29, 0.717) is 17.3 Å². The predicted octanol–water partition coefficient (Wildman–Crippen LogP) is 3.27. The molecule has 1 aromatic carbocycles. The Kier molecular flexibility index (Phi) is 6.02. The summed E-state index contributed by atoms with van der Waals surface area (Å²) in [5.74, 6) is 1.89. The van der Waals surface area contributed by atoms with E-state index in [1.807, 2.05) is 28.9 Å². The number of carbonyl (C=O) groups is 1. The number of aromatic nitrogens is 2. The van der Waals surface area contributed by atoms with Gasteiger partial charge in [0.2, 0.25) is 5.91 Å². The zero-order valence-electron chi connectivity index (χ0n) is 13.8. The number of benzene rings is 1. The summed E-state index contributed by atoms with van der Waals surface area (Å²) in [5, 5.41) is 7.12. The highest BCUT2D eigenvalue weighted by Crippen LogP contribution is 2.25. The normalized spacial score (nSPS) is 11.8. The van der Waals surface area contributed by atoms with E-state index in [1.165, 1.54) is 0 Å². The Bertz CT molecular complexity index is 640. The molecule has 2 aromatic rings. The topological polar surface area (TPSA) is 65.4 Å². The maximum atomic E-state index is 12.1. The van der Waals surface area contributed by atoms with Crippen molar-refractivity contribution >= 4 is 11.7 Å². The second-order valence-electron chi connectivity index (χ2n) is 5.22. The van der Waals surface area contributed by atoms with Crippen LogP contribution in [0.25, 0.3) is 0 Å². The van der Waals surface area contributed by atoms with Crippen LogP contribution in [-0.4, -0.2) is 29.4 Å². The molecular formula is C17H23N3O3. The first-order valence-corrected chi connectivity index (χ1v) is 7.74. The standard InChI is InChI=1S/C17H23N3O3/c1-4-13(2)20-16(9-11-18-20)19-17(21)10-12-23-15-8-6-5-7-14(15)22-3/h5-9,11,13H,4,10,12H2,1-3H3,(H,19,21). The van der Waals surface area contributed by atoms with E-state index >= 15 is 0 Å². The van der Waals surface area contributed by atoms with Crippen LogP contribution in [0.3, 0.4) is 0 Å². The molecule has 1 N–H and O–H groups in total. The summed E-state index contributed by atoms with van der Waals surface area (Å²) in [6.07, 6.45) is 2.89. The van der Waals surface area contributed by atoms with E-state index in [4.69, 9.17) is 9.47 Å². The number of methoxy groups -OCH3 is 1. The minimum absolute atomic E-state index is 0.107. The number of rotatable bonds is 8. The van der Waals surface area contributed by atoms with Gasteiger partial charge in [-0.25, -0.2) is 4.68 Å². The lowest BCUT2D eigenvalue weighted by molar-refractivity contribution is -0.116. The van der Waals surface area contributed by atoms with Gasteiger partial charge in [0.15, 0.2) is 11.5 Å². The van der Waals surface area contributed by atoms with Gasteiger partial charge in [-0.1, -0.05) is 19.1 Å². The third kappa shape index (κ3) is 4.48. The summed E-state index contributed by atoms with van der Waals surface area (Å²) in [6, 6.07) is 9.40. The highest BCUT2D eigenvalue weighted by Gasteiger charge is 2.11. The van der Waals surface area contributed by atoms with Crippen LogP contribution in [0.15, 0.2) is 36.5 Å². The monoisotopic (exact) mass is 317 g/mol. The number of anilines is 1. The molecule has 0 spiro atoms. The number of para-hydroxylation sites is 2. The third-order valence-electron chi connectivity index (χ3n) is 3.60. The number of carbonyl (C=O) groups excluding carboxylic acids is 1. The van der Waals surface area contributed by atoms with Crippen molar-refractivity contribution in [1.82, 2.24) is 9.78 Å². The van der Waals surface area contributed by atoms with Gasteiger partial charge in [-0.15, -0.1) is 0 Å². The second-order valence-corrected chi connectivity index (χ2v) is 5.22. The van der Waals surface area contributed by atoms with Crippen molar-refractivity contribution in [1.29, 1.82) is 0 Å². The average Bonchev–Trinajstić information content (AvgIpc) is 3.02. The van der Waals surface area contributed by atoms with Gasteiger partial charge in [0.1, 0.15) is 5.82 Å². The fourth-order valence-electron chi connectivity index (χ4n) is 2.13. The highest BCUT2D eigenvalue weighted by atomic mass is 16.5. The predicted molar refractivity (Wildman–Crippen MR) is 89.0 cm³/mol. The molecule has 6 nitrogen and oxygen atoms in total. The smallest absolute Gasteiger partial charge is 0.228 e. The van der Waals surface area contributed by atoms with E-state index in [-0.39, 0.29) is 25.0 Å². The maximum Gasteiger partial charge on any atom is 0.228 e. The first-order chi connectivity index (χ1) is 11.2. The van der Waals surface area contributed by atoms with E-state index in [9.17, 15) is 4.79 Å². The number of hydrogen-bond donors (Lipinski definition) is 1. The number of hydrogen-bond acceptors (Lipinski definition) is 4. The minimum atomic E-state index is -0.107. The van der Waals surface area contributed by atoms with Crippen LogP contribution in [-0.2, 0) is 4.79 Å². The molecule has 0 radical (unpaired) electrons. The van der Waals surface area contributed by atoms with Gasteiger partial charge in [-0.05, 0) is 25.5 Å². The molecule has 0 saturated carbocycles. The molecule has 0 aliphatic heterocycles. The Morgan fingerprint density at radius 3 is 2.74 bits per heavy atom. The second kappa shape index (κ2) is 8.22. The van der Waals surface area contributed by atoms with Gasteiger partial charge in [-0.2, -0.15) is 5.10 Å². The summed E-state index contributed by atoms with van der Waals surface area (Å²) in [6.45, 7) is 4.43. The molecule has 1 heterocycles. The number of ether oxygens (including phenoxy) is 2. The highest BCUT2D eigenvalue weighted by molar-refractivity contribution is 5.89. The number of nitrogens with one attached hydrogen (secondary N) is 1. The third-order valence-corrected chi connectivity index (χ3v) is 3.60. The largest absolute Gasteiger partial charge is 0.493 e. The SMILES string of the molecule is CCC(C)n1nccc1NC(=O)CCOc1ccccc1OC. The Labute approximate surface area is 136 Å². The van der Waals surface area contributed by atoms with E-state index in [2.05, 4.69) is 24.3 Å². The quantitative estimate of drug-likeness (QED) is 0.811. The lowest BCUT2D eigenvalue weighted by atomic mass is 10.3. The summed E-state index contributed by atoms with van der Waals surface area (Å²) >= 11 is 0. The van der Waals surface area contributed by atoms with Crippen LogP contribution in [0.1, 0.15) is 32.7 Å². The average molecular weight is 317 g/mol. The molecule has 23 heavy (non-hydrogen) atoms. The Morgan fingerprint density at radius 2 is 2.04 bits per heavy atom. The molecule has 1 atom stereocenters. The van der Waals surface area contributed by atoms with Crippen LogP contribution in [0.4, 0.5) is 5.82 Å². The minimum Gasteiger partial charge on any atom is -0.493 e. The molecule has 1 unspecified atom stereocenters. The fraction of sp³-hybridized carbons (Fsp3) is 0.412. The summed E-state index contributed by atoms with van der Waals surface area (Å²) < 4.78 is 12.6. The molecule has 1 aromatic heterocycles. The lowest BCUT2D eigenvalue weighted by Gasteiger charge is -2.14. The molecular weight excluding hydrogens is 294 g/mol. The molecule has 2 rings (SSSR count). The zero-order chi connectivity index (χ0) is 16.7. The Hall–Kier alpha value is -2.50. The molecule has 0 bridgehead atoms. The molecule has 0 aliphatic rings. The van der Waals surface area contributed by atoms with Crippen molar-refractivity contribution in [2.45, 2.75) is 32.7 Å². The molecule has 124 valence electrons. The van der Waals surface area contributed by atoms with Crippen molar-refractivity contribution in [3.8, 4) is 11.5 Å². The fourth-order valence-corrected chi connectivity index (χ4v) is 2.13.